The van der Waals surface area contributed by atoms with E-state index in [9.17, 15) is 66.1 Å². The largest absolute Gasteiger partial charge is 0.508 e. The van der Waals surface area contributed by atoms with Gasteiger partial charge in [-0.05, 0) is 60.0 Å². The van der Waals surface area contributed by atoms with Crippen LogP contribution in [0.1, 0.15) is 61.7 Å². The van der Waals surface area contributed by atoms with Crippen molar-refractivity contribution in [1.82, 2.24) is 0 Å². The summed E-state index contributed by atoms with van der Waals surface area (Å²) in [6.45, 7) is 0. The van der Waals surface area contributed by atoms with Crippen LogP contribution >= 0.6 is 0 Å². The molecule has 15 nitrogen and oxygen atoms in total. The Kier molecular flexibility index (Phi) is 8.30. The highest BCUT2D eigenvalue weighted by Gasteiger charge is 2.46. The zero-order chi connectivity index (χ0) is 38.0. The molecule has 0 saturated heterocycles. The van der Waals surface area contributed by atoms with Crippen molar-refractivity contribution in [3.05, 3.63) is 106 Å². The molecule has 0 amide bonds. The lowest BCUT2D eigenvalue weighted by Gasteiger charge is -2.41. The predicted molar refractivity (Wildman–Crippen MR) is 181 cm³/mol. The molecule has 0 unspecified atom stereocenters. The third kappa shape index (κ3) is 5.92. The van der Waals surface area contributed by atoms with Crippen molar-refractivity contribution in [1.29, 1.82) is 0 Å². The highest BCUT2D eigenvalue weighted by molar-refractivity contribution is 5.91. The number of rotatable bonds is 5. The maximum Gasteiger partial charge on any atom is 0.338 e. The fraction of sp³-hybridized carbons (Fsp3) is 0.184. The monoisotopic (exact) mass is 728 g/mol. The molecule has 0 saturated carbocycles. The van der Waals surface area contributed by atoms with Crippen molar-refractivity contribution in [3.63, 3.8) is 0 Å². The zero-order valence-electron chi connectivity index (χ0n) is 27.2. The van der Waals surface area contributed by atoms with Gasteiger partial charge >= 0.3 is 5.97 Å². The van der Waals surface area contributed by atoms with Crippen LogP contribution < -0.4 is 4.74 Å². The summed E-state index contributed by atoms with van der Waals surface area (Å²) in [4.78, 5) is 13.4. The van der Waals surface area contributed by atoms with E-state index in [1.807, 2.05) is 0 Å². The van der Waals surface area contributed by atoms with Gasteiger partial charge in [0.15, 0.2) is 46.4 Å². The van der Waals surface area contributed by atoms with Gasteiger partial charge in [0.05, 0.1) is 11.7 Å². The summed E-state index contributed by atoms with van der Waals surface area (Å²) in [5.41, 5.74) is 0.395. The van der Waals surface area contributed by atoms with E-state index in [4.69, 9.17) is 9.47 Å². The molecule has 5 atom stereocenters. The molecule has 7 rings (SSSR count). The molecule has 2 aliphatic rings. The number of aliphatic hydroxyl groups is 1. The van der Waals surface area contributed by atoms with Crippen LogP contribution in [0.5, 0.6) is 69.0 Å². The van der Waals surface area contributed by atoms with Gasteiger partial charge in [0.25, 0.3) is 0 Å². The van der Waals surface area contributed by atoms with Crippen LogP contribution in [0.4, 0.5) is 0 Å². The second kappa shape index (κ2) is 12.7. The second-order valence-corrected chi connectivity index (χ2v) is 13.0. The lowest BCUT2D eigenvalue weighted by atomic mass is 9.68. The van der Waals surface area contributed by atoms with Crippen LogP contribution in [0, 0.1) is 0 Å². The molecule has 1 aliphatic heterocycles. The summed E-state index contributed by atoms with van der Waals surface area (Å²) in [6.07, 6.45) is -4.52. The van der Waals surface area contributed by atoms with E-state index in [-0.39, 0.29) is 52.2 Å². The molecule has 5 aromatic carbocycles. The third-order valence-electron chi connectivity index (χ3n) is 9.73. The van der Waals surface area contributed by atoms with Crippen molar-refractivity contribution in [2.24, 2.45) is 0 Å². The summed E-state index contributed by atoms with van der Waals surface area (Å²) >= 11 is 0. The van der Waals surface area contributed by atoms with Gasteiger partial charge in [-0.1, -0.05) is 12.1 Å². The predicted octanol–water partition coefficient (Wildman–Crippen LogP) is 4.18. The maximum absolute atomic E-state index is 13.4. The fourth-order valence-electron chi connectivity index (χ4n) is 7.23. The van der Waals surface area contributed by atoms with Crippen molar-refractivity contribution < 1.29 is 75.5 Å². The first-order chi connectivity index (χ1) is 25.1. The fourth-order valence-corrected chi connectivity index (χ4v) is 7.23. The smallest absolute Gasteiger partial charge is 0.338 e. The number of phenolic OH excluding ortho intramolecular Hbond substituents is 11. The van der Waals surface area contributed by atoms with Gasteiger partial charge in [-0.2, -0.15) is 0 Å². The lowest BCUT2D eigenvalue weighted by Crippen LogP contribution is -2.37. The van der Waals surface area contributed by atoms with E-state index in [1.54, 1.807) is 0 Å². The highest BCUT2D eigenvalue weighted by atomic mass is 16.6. The number of ether oxygens (including phenoxy) is 2. The van der Waals surface area contributed by atoms with Gasteiger partial charge in [0.2, 0.25) is 0 Å². The highest BCUT2D eigenvalue weighted by Crippen LogP contribution is 2.56. The Morgan fingerprint density at radius 1 is 0.604 bits per heavy atom. The molecule has 0 radical (unpaired) electrons. The number of hydrogen-bond acceptors (Lipinski definition) is 15. The van der Waals surface area contributed by atoms with Gasteiger partial charge < -0.3 is 70.8 Å². The minimum Gasteiger partial charge on any atom is -0.508 e. The van der Waals surface area contributed by atoms with E-state index in [0.29, 0.717) is 11.1 Å². The molecule has 0 bridgehead atoms. The molecule has 15 heteroatoms. The Morgan fingerprint density at radius 2 is 1.21 bits per heavy atom. The van der Waals surface area contributed by atoms with Gasteiger partial charge in [-0.15, -0.1) is 0 Å². The molecule has 274 valence electrons. The number of carbonyl (C=O) groups excluding carboxylic acids is 1. The van der Waals surface area contributed by atoms with Gasteiger partial charge in [-0.25, -0.2) is 4.79 Å². The Labute approximate surface area is 298 Å². The quantitative estimate of drug-likeness (QED) is 0.0893. The SMILES string of the molecule is O=C(O[C@@H]1Cc2c(O)cc(O)c([C@H]3c4c(O)cc(O)cc4C[C@H](c4ccc(O)c(O)c4)[C@@H]3O)c2O[C@@H]1c1ccc(O)c(O)c1)c1cc(O)c(O)c(O)c1. The number of aliphatic hydroxyl groups excluding tert-OH is 1. The van der Waals surface area contributed by atoms with Crippen molar-refractivity contribution >= 4 is 5.97 Å². The van der Waals surface area contributed by atoms with E-state index in [2.05, 4.69) is 0 Å². The molecule has 0 spiro atoms. The van der Waals surface area contributed by atoms with Crippen molar-refractivity contribution in [3.8, 4) is 69.0 Å². The topological polar surface area (TPSA) is 278 Å². The Balaban J connectivity index is 1.39. The number of esters is 1. The summed E-state index contributed by atoms with van der Waals surface area (Å²) < 4.78 is 12.2. The van der Waals surface area contributed by atoms with E-state index in [0.717, 1.165) is 36.4 Å². The first-order valence-corrected chi connectivity index (χ1v) is 16.1. The Bertz CT molecular complexity index is 2280. The molecule has 0 aromatic heterocycles. The van der Waals surface area contributed by atoms with Crippen LogP contribution in [0.25, 0.3) is 0 Å². The minimum absolute atomic E-state index is 0.0247. The van der Waals surface area contributed by atoms with Crippen LogP contribution in [0.3, 0.4) is 0 Å². The molecule has 53 heavy (non-hydrogen) atoms. The van der Waals surface area contributed by atoms with Gasteiger partial charge in [-0.3, -0.25) is 0 Å². The van der Waals surface area contributed by atoms with E-state index in [1.165, 1.54) is 30.3 Å². The third-order valence-corrected chi connectivity index (χ3v) is 9.73. The average molecular weight is 729 g/mol. The summed E-state index contributed by atoms with van der Waals surface area (Å²) in [7, 11) is 0. The summed E-state index contributed by atoms with van der Waals surface area (Å²) in [5, 5.41) is 127. The molecule has 12 N–H and O–H groups in total. The van der Waals surface area contributed by atoms with E-state index < -0.39 is 93.6 Å². The first-order valence-electron chi connectivity index (χ1n) is 16.1. The normalized spacial score (nSPS) is 20.5. The van der Waals surface area contributed by atoms with Crippen molar-refractivity contribution in [2.45, 2.75) is 43.0 Å². The number of fused-ring (bicyclic) bond motifs is 2. The standard InChI is InChI=1S/C38H32O15/c39-18-5-16-6-19(14-1-3-21(40)24(43)7-14)34(49)33(31(16)26(45)11-18)32-27(46)13-23(42)20-12-30(52-38(51)17-9-28(47)35(50)29(48)10-17)36(53-37(20)32)15-2-4-22(41)25(44)8-15/h1-5,7-11,13,19,30,33-34,36,39-50H,6,12H2/t19-,30-,33-,34+,36-/m1/s1. The van der Waals surface area contributed by atoms with Crippen LogP contribution in [0.15, 0.2) is 66.7 Å². The number of hydrogen-bond donors (Lipinski definition) is 12. The van der Waals surface area contributed by atoms with Gasteiger partial charge in [0, 0.05) is 52.6 Å². The summed E-state index contributed by atoms with van der Waals surface area (Å²) in [5.74, 6) is -9.83. The van der Waals surface area contributed by atoms with E-state index >= 15 is 0 Å². The first kappa shape index (κ1) is 34.6. The van der Waals surface area contributed by atoms with Gasteiger partial charge in [0.1, 0.15) is 34.9 Å². The molecular formula is C38H32O15. The number of carbonyl (C=O) groups is 1. The number of aromatic hydroxyl groups is 11. The maximum atomic E-state index is 13.4. The molecular weight excluding hydrogens is 696 g/mol. The molecule has 1 aliphatic carbocycles. The van der Waals surface area contributed by atoms with Crippen LogP contribution in [0.2, 0.25) is 0 Å². The van der Waals surface area contributed by atoms with Crippen LogP contribution in [-0.4, -0.2) is 79.5 Å². The Hall–Kier alpha value is -6.87. The number of phenols is 11. The second-order valence-electron chi connectivity index (χ2n) is 13.0. The average Bonchev–Trinajstić information content (AvgIpc) is 3.10. The van der Waals surface area contributed by atoms with Crippen LogP contribution in [-0.2, 0) is 17.6 Å². The molecule has 5 aromatic rings. The van der Waals surface area contributed by atoms with Crippen molar-refractivity contribution in [2.75, 3.05) is 0 Å². The lowest BCUT2D eigenvalue weighted by molar-refractivity contribution is -0.0196. The zero-order valence-corrected chi connectivity index (χ0v) is 27.2. The Morgan fingerprint density at radius 3 is 1.85 bits per heavy atom. The summed E-state index contributed by atoms with van der Waals surface area (Å²) in [6, 6.07) is 12.6. The minimum atomic E-state index is -1.49. The molecule has 1 heterocycles. The molecule has 0 fully saturated rings. The number of benzene rings is 5.